The molecule has 0 fully saturated rings. The molecule has 0 unspecified atom stereocenters. The van der Waals surface area contributed by atoms with Crippen molar-refractivity contribution in [1.29, 1.82) is 0 Å². The highest BCUT2D eigenvalue weighted by molar-refractivity contribution is 5.81. The number of hydrogen-bond donors (Lipinski definition) is 1. The van der Waals surface area contributed by atoms with Gasteiger partial charge in [0.25, 0.3) is 0 Å². The summed E-state index contributed by atoms with van der Waals surface area (Å²) >= 11 is 0. The molecule has 2 aromatic carbocycles. The first-order chi connectivity index (χ1) is 13.2. The van der Waals surface area contributed by atoms with E-state index in [1.54, 1.807) is 0 Å². The maximum absolute atomic E-state index is 6.41. The van der Waals surface area contributed by atoms with Crippen molar-refractivity contribution in [3.63, 3.8) is 0 Å². The summed E-state index contributed by atoms with van der Waals surface area (Å²) in [4.78, 5) is 9.52. The van der Waals surface area contributed by atoms with Crippen LogP contribution in [0, 0.1) is 0 Å². The molecule has 27 heavy (non-hydrogen) atoms. The van der Waals surface area contributed by atoms with Gasteiger partial charge >= 0.3 is 0 Å². The molecule has 0 aliphatic rings. The van der Waals surface area contributed by atoms with Gasteiger partial charge in [-0.1, -0.05) is 78.9 Å². The van der Waals surface area contributed by atoms with E-state index in [0.29, 0.717) is 12.2 Å². The van der Waals surface area contributed by atoms with Gasteiger partial charge in [0.15, 0.2) is 0 Å². The van der Waals surface area contributed by atoms with E-state index in [4.69, 9.17) is 10.7 Å². The first-order valence-corrected chi connectivity index (χ1v) is 9.23. The number of benzene rings is 2. The van der Waals surface area contributed by atoms with Crippen molar-refractivity contribution in [1.82, 2.24) is 9.97 Å². The Kier molecular flexibility index (Phi) is 6.16. The van der Waals surface area contributed by atoms with Crippen LogP contribution in [-0.4, -0.2) is 9.97 Å². The van der Waals surface area contributed by atoms with E-state index in [-0.39, 0.29) is 0 Å². The fourth-order valence-corrected chi connectivity index (χ4v) is 3.17. The number of nitrogen functional groups attached to an aromatic ring is 1. The molecule has 0 aliphatic carbocycles. The lowest BCUT2D eigenvalue weighted by molar-refractivity contribution is 0.917. The first kappa shape index (κ1) is 18.6. The molecule has 1 aromatic heterocycles. The van der Waals surface area contributed by atoms with Gasteiger partial charge in [-0.3, -0.25) is 0 Å². The summed E-state index contributed by atoms with van der Waals surface area (Å²) in [6.45, 7) is 4.01. The highest BCUT2D eigenvalue weighted by atomic mass is 15.0. The fraction of sp³-hybridized carbons (Fsp3) is 0.167. The smallest absolute Gasteiger partial charge is 0.135 e. The number of aromatic nitrogens is 2. The standard InChI is InChI=1S/C24H25N3/c1-3-11-20(4-2)23-21(16-18-12-7-5-8-13-18)26-22(27-24(23)25)17-19-14-9-6-10-15-19/h3-15H,16-17H2,1-2H3,(H2,25,26,27)/b11-3-,20-4+. The van der Waals surface area contributed by atoms with E-state index in [9.17, 15) is 0 Å². The maximum Gasteiger partial charge on any atom is 0.135 e. The second-order valence-corrected chi connectivity index (χ2v) is 6.42. The molecular formula is C24H25N3. The molecule has 0 saturated heterocycles. The molecule has 2 N–H and O–H groups in total. The molecule has 3 heteroatoms. The highest BCUT2D eigenvalue weighted by Crippen LogP contribution is 2.27. The maximum atomic E-state index is 6.41. The summed E-state index contributed by atoms with van der Waals surface area (Å²) in [5, 5.41) is 0. The second-order valence-electron chi connectivity index (χ2n) is 6.42. The number of rotatable bonds is 6. The first-order valence-electron chi connectivity index (χ1n) is 9.23. The van der Waals surface area contributed by atoms with Gasteiger partial charge in [0.05, 0.1) is 5.69 Å². The van der Waals surface area contributed by atoms with E-state index in [0.717, 1.165) is 29.1 Å². The Labute approximate surface area is 161 Å². The number of hydrogen-bond acceptors (Lipinski definition) is 3. The number of anilines is 1. The van der Waals surface area contributed by atoms with E-state index in [1.165, 1.54) is 11.1 Å². The average molecular weight is 355 g/mol. The van der Waals surface area contributed by atoms with Gasteiger partial charge in [-0.2, -0.15) is 0 Å². The Morgan fingerprint density at radius 2 is 1.44 bits per heavy atom. The molecule has 136 valence electrons. The fourth-order valence-electron chi connectivity index (χ4n) is 3.17. The zero-order valence-electron chi connectivity index (χ0n) is 15.9. The molecule has 0 bridgehead atoms. The zero-order chi connectivity index (χ0) is 19.1. The lowest BCUT2D eigenvalue weighted by Gasteiger charge is -2.14. The van der Waals surface area contributed by atoms with Gasteiger partial charge in [-0.05, 0) is 30.5 Å². The van der Waals surface area contributed by atoms with Gasteiger partial charge < -0.3 is 5.73 Å². The van der Waals surface area contributed by atoms with Crippen molar-refractivity contribution in [2.24, 2.45) is 0 Å². The minimum Gasteiger partial charge on any atom is -0.383 e. The van der Waals surface area contributed by atoms with Crippen molar-refractivity contribution >= 4 is 11.4 Å². The molecule has 0 aliphatic heterocycles. The van der Waals surface area contributed by atoms with Crippen molar-refractivity contribution < 1.29 is 0 Å². The third-order valence-electron chi connectivity index (χ3n) is 4.42. The van der Waals surface area contributed by atoms with E-state index >= 15 is 0 Å². The Morgan fingerprint density at radius 3 is 2.00 bits per heavy atom. The van der Waals surface area contributed by atoms with Gasteiger partial charge in [-0.15, -0.1) is 0 Å². The molecule has 0 saturated carbocycles. The van der Waals surface area contributed by atoms with Crippen LogP contribution < -0.4 is 5.73 Å². The normalized spacial score (nSPS) is 11.9. The molecule has 1 heterocycles. The number of nitrogens with zero attached hydrogens (tertiary/aromatic N) is 2. The minimum atomic E-state index is 0.535. The molecule has 0 atom stereocenters. The van der Waals surface area contributed by atoms with Crippen molar-refractivity contribution in [2.45, 2.75) is 26.7 Å². The largest absolute Gasteiger partial charge is 0.383 e. The SMILES string of the molecule is C/C=C\C(=C/C)c1c(N)nc(Cc2ccccc2)nc1Cc1ccccc1. The summed E-state index contributed by atoms with van der Waals surface area (Å²) in [5.74, 6) is 1.29. The molecular weight excluding hydrogens is 330 g/mol. The lowest BCUT2D eigenvalue weighted by Crippen LogP contribution is -2.10. The van der Waals surface area contributed by atoms with Gasteiger partial charge in [0.2, 0.25) is 0 Å². The van der Waals surface area contributed by atoms with Crippen LogP contribution in [-0.2, 0) is 12.8 Å². The second kappa shape index (κ2) is 8.95. The van der Waals surface area contributed by atoms with E-state index in [1.807, 2.05) is 56.3 Å². The van der Waals surface area contributed by atoms with Crippen LogP contribution >= 0.6 is 0 Å². The Bertz CT molecular complexity index is 942. The predicted octanol–water partition coefficient (Wildman–Crippen LogP) is 5.22. The van der Waals surface area contributed by atoms with Crippen molar-refractivity contribution in [3.8, 4) is 0 Å². The van der Waals surface area contributed by atoms with Crippen molar-refractivity contribution in [3.05, 3.63) is 107 Å². The van der Waals surface area contributed by atoms with E-state index in [2.05, 4.69) is 41.4 Å². The van der Waals surface area contributed by atoms with E-state index < -0.39 is 0 Å². The molecule has 0 spiro atoms. The summed E-state index contributed by atoms with van der Waals surface area (Å²) < 4.78 is 0. The quantitative estimate of drug-likeness (QED) is 0.617. The zero-order valence-corrected chi connectivity index (χ0v) is 15.9. The van der Waals surface area contributed by atoms with Crippen LogP contribution in [0.1, 0.15) is 42.1 Å². The molecule has 0 radical (unpaired) electrons. The molecule has 3 aromatic rings. The van der Waals surface area contributed by atoms with Gasteiger partial charge in [-0.25, -0.2) is 9.97 Å². The topological polar surface area (TPSA) is 51.8 Å². The third kappa shape index (κ3) is 4.70. The molecule has 3 rings (SSSR count). The van der Waals surface area contributed by atoms with Gasteiger partial charge in [0.1, 0.15) is 11.6 Å². The summed E-state index contributed by atoms with van der Waals surface area (Å²) in [6.07, 6.45) is 7.52. The number of nitrogens with two attached hydrogens (primary N) is 1. The summed E-state index contributed by atoms with van der Waals surface area (Å²) in [7, 11) is 0. The number of allylic oxidation sites excluding steroid dienone is 4. The van der Waals surface area contributed by atoms with Crippen LogP contribution in [0.4, 0.5) is 5.82 Å². The third-order valence-corrected chi connectivity index (χ3v) is 4.42. The van der Waals surface area contributed by atoms with Crippen LogP contribution in [0.2, 0.25) is 0 Å². The molecule has 0 amide bonds. The molecule has 3 nitrogen and oxygen atoms in total. The van der Waals surface area contributed by atoms with Crippen LogP contribution in [0.15, 0.2) is 78.9 Å². The van der Waals surface area contributed by atoms with Crippen LogP contribution in [0.25, 0.3) is 5.57 Å². The van der Waals surface area contributed by atoms with Gasteiger partial charge in [0, 0.05) is 18.4 Å². The van der Waals surface area contributed by atoms with Crippen molar-refractivity contribution in [2.75, 3.05) is 5.73 Å². The minimum absolute atomic E-state index is 0.535. The lowest BCUT2D eigenvalue weighted by atomic mass is 9.98. The Morgan fingerprint density at radius 1 is 0.852 bits per heavy atom. The Balaban J connectivity index is 2.06. The van der Waals surface area contributed by atoms with Crippen LogP contribution in [0.5, 0.6) is 0 Å². The average Bonchev–Trinajstić information content (AvgIpc) is 2.68. The Hall–Kier alpha value is -3.20. The highest BCUT2D eigenvalue weighted by Gasteiger charge is 2.15. The summed E-state index contributed by atoms with van der Waals surface area (Å²) in [5.41, 5.74) is 11.7. The predicted molar refractivity (Wildman–Crippen MR) is 113 cm³/mol. The van der Waals surface area contributed by atoms with Crippen LogP contribution in [0.3, 0.4) is 0 Å². The summed E-state index contributed by atoms with van der Waals surface area (Å²) in [6, 6.07) is 20.6. The monoisotopic (exact) mass is 355 g/mol.